The third-order valence-corrected chi connectivity index (χ3v) is 2.07. The molecular weight excluding hydrogens is 248 g/mol. The van der Waals surface area contributed by atoms with Gasteiger partial charge in [-0.05, 0) is 27.7 Å². The smallest absolute Gasteiger partial charge is 0.234 e. The number of hydrogen-bond acceptors (Lipinski definition) is 5. The predicted molar refractivity (Wildman–Crippen MR) is 74.1 cm³/mol. The minimum Gasteiger partial charge on any atom is -0.389 e. The van der Waals surface area contributed by atoms with E-state index in [-0.39, 0.29) is 24.6 Å². The summed E-state index contributed by atoms with van der Waals surface area (Å²) in [5, 5.41) is 15.3. The molecule has 1 unspecified atom stereocenters. The molecule has 0 fully saturated rings. The highest BCUT2D eigenvalue weighted by atomic mass is 16.5. The molecule has 0 aliphatic carbocycles. The fourth-order valence-electron chi connectivity index (χ4n) is 1.36. The average Bonchev–Trinajstić information content (AvgIpc) is 2.26. The summed E-state index contributed by atoms with van der Waals surface area (Å²) in [6.45, 7) is 10.1. The zero-order valence-electron chi connectivity index (χ0n) is 12.5. The van der Waals surface area contributed by atoms with Gasteiger partial charge in [-0.2, -0.15) is 0 Å². The van der Waals surface area contributed by atoms with Crippen LogP contribution in [0.25, 0.3) is 0 Å². The Morgan fingerprint density at radius 1 is 1.26 bits per heavy atom. The van der Waals surface area contributed by atoms with Gasteiger partial charge in [0, 0.05) is 18.7 Å². The Balaban J connectivity index is 3.47. The van der Waals surface area contributed by atoms with Crippen molar-refractivity contribution in [2.75, 3.05) is 39.5 Å². The molecule has 0 aliphatic heterocycles. The number of ether oxygens (including phenoxy) is 2. The zero-order valence-corrected chi connectivity index (χ0v) is 12.5. The Labute approximate surface area is 115 Å². The van der Waals surface area contributed by atoms with Crippen LogP contribution in [0, 0.1) is 0 Å². The van der Waals surface area contributed by atoms with Crippen LogP contribution in [0.1, 0.15) is 27.7 Å². The summed E-state index contributed by atoms with van der Waals surface area (Å²) in [4.78, 5) is 11.5. The predicted octanol–water partition coefficient (Wildman–Crippen LogP) is -0.0953. The molecule has 6 nitrogen and oxygen atoms in total. The van der Waals surface area contributed by atoms with E-state index in [2.05, 4.69) is 10.6 Å². The van der Waals surface area contributed by atoms with Crippen molar-refractivity contribution >= 4 is 5.91 Å². The largest absolute Gasteiger partial charge is 0.389 e. The topological polar surface area (TPSA) is 79.8 Å². The van der Waals surface area contributed by atoms with E-state index in [4.69, 9.17) is 9.47 Å². The van der Waals surface area contributed by atoms with Crippen LogP contribution in [0.3, 0.4) is 0 Å². The standard InChI is InChI=1S/C13H28N2O4/c1-5-18-6-7-19-10-11(16)8-14-9-12(17)15-13(2,3)4/h11,14,16H,5-10H2,1-4H3,(H,15,17). The third-order valence-electron chi connectivity index (χ3n) is 2.07. The second-order valence-corrected chi connectivity index (χ2v) is 5.35. The van der Waals surface area contributed by atoms with Crippen LogP contribution in [-0.2, 0) is 14.3 Å². The monoisotopic (exact) mass is 276 g/mol. The van der Waals surface area contributed by atoms with E-state index in [1.165, 1.54) is 0 Å². The van der Waals surface area contributed by atoms with Gasteiger partial charge in [-0.1, -0.05) is 0 Å². The van der Waals surface area contributed by atoms with Crippen molar-refractivity contribution in [2.45, 2.75) is 39.3 Å². The summed E-state index contributed by atoms with van der Waals surface area (Å²) in [5.41, 5.74) is -0.236. The molecule has 6 heteroatoms. The molecule has 1 amide bonds. The maximum absolute atomic E-state index is 11.5. The molecule has 0 aliphatic rings. The molecule has 0 rings (SSSR count). The van der Waals surface area contributed by atoms with E-state index in [0.29, 0.717) is 26.4 Å². The minimum atomic E-state index is -0.621. The van der Waals surface area contributed by atoms with Gasteiger partial charge in [-0.25, -0.2) is 0 Å². The van der Waals surface area contributed by atoms with Crippen LogP contribution in [-0.4, -0.2) is 62.2 Å². The lowest BCUT2D eigenvalue weighted by molar-refractivity contribution is -0.121. The molecule has 0 aromatic rings. The Morgan fingerprint density at radius 2 is 1.89 bits per heavy atom. The van der Waals surface area contributed by atoms with E-state index < -0.39 is 6.10 Å². The second-order valence-electron chi connectivity index (χ2n) is 5.35. The summed E-state index contributed by atoms with van der Waals surface area (Å²) >= 11 is 0. The molecule has 0 saturated carbocycles. The van der Waals surface area contributed by atoms with Crippen molar-refractivity contribution in [2.24, 2.45) is 0 Å². The number of aliphatic hydroxyl groups is 1. The van der Waals surface area contributed by atoms with E-state index in [0.717, 1.165) is 0 Å². The van der Waals surface area contributed by atoms with Crippen LogP contribution in [0.2, 0.25) is 0 Å². The number of rotatable bonds is 10. The van der Waals surface area contributed by atoms with Crippen molar-refractivity contribution in [1.82, 2.24) is 10.6 Å². The number of hydrogen-bond donors (Lipinski definition) is 3. The van der Waals surface area contributed by atoms with Gasteiger partial charge in [0.05, 0.1) is 32.5 Å². The lowest BCUT2D eigenvalue weighted by Gasteiger charge is -2.21. The number of carbonyl (C=O) groups is 1. The Kier molecular flexibility index (Phi) is 9.77. The Bertz CT molecular complexity index is 241. The van der Waals surface area contributed by atoms with Crippen LogP contribution in [0.5, 0.6) is 0 Å². The lowest BCUT2D eigenvalue weighted by atomic mass is 10.1. The first kappa shape index (κ1) is 18.3. The normalized spacial score (nSPS) is 13.3. The fourth-order valence-corrected chi connectivity index (χ4v) is 1.36. The van der Waals surface area contributed by atoms with Gasteiger partial charge in [-0.15, -0.1) is 0 Å². The second kappa shape index (κ2) is 10.1. The van der Waals surface area contributed by atoms with Gasteiger partial charge in [0.2, 0.25) is 5.91 Å². The van der Waals surface area contributed by atoms with E-state index in [1.54, 1.807) is 0 Å². The lowest BCUT2D eigenvalue weighted by Crippen LogP contribution is -2.46. The number of amides is 1. The van der Waals surface area contributed by atoms with Gasteiger partial charge in [0.1, 0.15) is 0 Å². The zero-order chi connectivity index (χ0) is 14.7. The molecule has 0 saturated heterocycles. The van der Waals surface area contributed by atoms with Crippen LogP contribution >= 0.6 is 0 Å². The van der Waals surface area contributed by atoms with Gasteiger partial charge in [-0.3, -0.25) is 4.79 Å². The maximum Gasteiger partial charge on any atom is 0.234 e. The first-order valence-electron chi connectivity index (χ1n) is 6.70. The molecule has 0 radical (unpaired) electrons. The molecule has 19 heavy (non-hydrogen) atoms. The maximum atomic E-state index is 11.5. The molecule has 114 valence electrons. The fraction of sp³-hybridized carbons (Fsp3) is 0.923. The summed E-state index contributed by atoms with van der Waals surface area (Å²) in [5.74, 6) is -0.0861. The summed E-state index contributed by atoms with van der Waals surface area (Å²) in [7, 11) is 0. The van der Waals surface area contributed by atoms with E-state index in [9.17, 15) is 9.90 Å². The van der Waals surface area contributed by atoms with Crippen molar-refractivity contribution < 1.29 is 19.4 Å². The molecular formula is C13H28N2O4. The highest BCUT2D eigenvalue weighted by Gasteiger charge is 2.13. The van der Waals surface area contributed by atoms with E-state index in [1.807, 2.05) is 27.7 Å². The van der Waals surface area contributed by atoms with Crippen LogP contribution in [0.4, 0.5) is 0 Å². The third kappa shape index (κ3) is 13.5. The van der Waals surface area contributed by atoms with Crippen LogP contribution in [0.15, 0.2) is 0 Å². The average molecular weight is 276 g/mol. The SMILES string of the molecule is CCOCCOCC(O)CNCC(=O)NC(C)(C)C. The molecule has 1 atom stereocenters. The molecule has 3 N–H and O–H groups in total. The first-order valence-corrected chi connectivity index (χ1v) is 6.70. The minimum absolute atomic E-state index is 0.0861. The number of carbonyl (C=O) groups excluding carboxylic acids is 1. The molecule has 0 aromatic heterocycles. The summed E-state index contributed by atoms with van der Waals surface area (Å²) in [6, 6.07) is 0. The molecule has 0 aromatic carbocycles. The summed E-state index contributed by atoms with van der Waals surface area (Å²) < 4.78 is 10.3. The van der Waals surface area contributed by atoms with Crippen molar-refractivity contribution in [3.63, 3.8) is 0 Å². The molecule has 0 spiro atoms. The number of nitrogens with one attached hydrogen (secondary N) is 2. The Morgan fingerprint density at radius 3 is 2.47 bits per heavy atom. The highest BCUT2D eigenvalue weighted by Crippen LogP contribution is 1.97. The van der Waals surface area contributed by atoms with Crippen molar-refractivity contribution in [1.29, 1.82) is 0 Å². The van der Waals surface area contributed by atoms with Gasteiger partial charge >= 0.3 is 0 Å². The quantitative estimate of drug-likeness (QED) is 0.486. The van der Waals surface area contributed by atoms with Gasteiger partial charge < -0.3 is 25.2 Å². The van der Waals surface area contributed by atoms with Crippen molar-refractivity contribution in [3.05, 3.63) is 0 Å². The van der Waals surface area contributed by atoms with Gasteiger partial charge in [0.15, 0.2) is 0 Å². The van der Waals surface area contributed by atoms with Crippen molar-refractivity contribution in [3.8, 4) is 0 Å². The highest BCUT2D eigenvalue weighted by molar-refractivity contribution is 5.78. The summed E-state index contributed by atoms with van der Waals surface area (Å²) in [6.07, 6.45) is -0.621. The first-order chi connectivity index (χ1) is 8.85. The molecule has 0 bridgehead atoms. The number of aliphatic hydroxyl groups excluding tert-OH is 1. The molecule has 0 heterocycles. The van der Waals surface area contributed by atoms with Gasteiger partial charge in [0.25, 0.3) is 0 Å². The van der Waals surface area contributed by atoms with Crippen LogP contribution < -0.4 is 10.6 Å². The Hall–Kier alpha value is -0.690. The van der Waals surface area contributed by atoms with E-state index >= 15 is 0 Å².